The molecule has 2 rings (SSSR count). The second-order valence-corrected chi connectivity index (χ2v) is 6.61. The maximum Gasteiger partial charge on any atom is 0.247 e. The van der Waals surface area contributed by atoms with Crippen molar-refractivity contribution in [2.45, 2.75) is 44.7 Å². The molecule has 2 heterocycles. The van der Waals surface area contributed by atoms with Gasteiger partial charge in [-0.05, 0) is 27.7 Å². The molecule has 0 spiro atoms. The third kappa shape index (κ3) is 2.06. The lowest BCUT2D eigenvalue weighted by atomic mass is 10.2. The van der Waals surface area contributed by atoms with Crippen LogP contribution in [0.1, 0.15) is 25.2 Å². The Balaban J connectivity index is 2.48. The number of ether oxygens (including phenoxy) is 1. The summed E-state index contributed by atoms with van der Waals surface area (Å²) in [6, 6.07) is -0.320. The average Bonchev–Trinajstić information content (AvgIpc) is 2.58. The molecule has 1 aliphatic rings. The van der Waals surface area contributed by atoms with E-state index in [-0.39, 0.29) is 12.1 Å². The van der Waals surface area contributed by atoms with Crippen molar-refractivity contribution in [3.63, 3.8) is 0 Å². The Morgan fingerprint density at radius 2 is 1.83 bits per heavy atom. The van der Waals surface area contributed by atoms with E-state index in [9.17, 15) is 8.42 Å². The summed E-state index contributed by atoms with van der Waals surface area (Å²) in [7, 11) is -3.52. The molecule has 6 nitrogen and oxygen atoms in total. The monoisotopic (exact) mass is 273 g/mol. The fourth-order valence-electron chi connectivity index (χ4n) is 2.49. The van der Waals surface area contributed by atoms with Gasteiger partial charge in [0, 0.05) is 12.1 Å². The maximum absolute atomic E-state index is 12.7. The Morgan fingerprint density at radius 1 is 1.28 bits per heavy atom. The van der Waals surface area contributed by atoms with Crippen molar-refractivity contribution in [1.29, 1.82) is 0 Å². The van der Waals surface area contributed by atoms with E-state index in [2.05, 4.69) is 10.2 Å². The first-order valence-corrected chi connectivity index (χ1v) is 7.42. The highest BCUT2D eigenvalue weighted by atomic mass is 32.2. The van der Waals surface area contributed by atoms with Gasteiger partial charge < -0.3 is 4.74 Å². The number of hydrogen-bond acceptors (Lipinski definition) is 4. The minimum atomic E-state index is -3.52. The molecule has 1 aromatic heterocycles. The van der Waals surface area contributed by atoms with E-state index in [1.165, 1.54) is 4.31 Å². The Kier molecular flexibility index (Phi) is 3.48. The molecule has 0 aliphatic carbocycles. The van der Waals surface area contributed by atoms with Crippen LogP contribution in [0, 0.1) is 13.8 Å². The van der Waals surface area contributed by atoms with Crippen LogP contribution in [0.2, 0.25) is 0 Å². The topological polar surface area (TPSA) is 75.3 Å². The zero-order valence-electron chi connectivity index (χ0n) is 11.1. The van der Waals surface area contributed by atoms with Crippen molar-refractivity contribution in [3.05, 3.63) is 11.4 Å². The molecule has 0 bridgehead atoms. The van der Waals surface area contributed by atoms with E-state index in [1.807, 2.05) is 13.8 Å². The number of hydrogen-bond donors (Lipinski definition) is 1. The van der Waals surface area contributed by atoms with Crippen LogP contribution >= 0.6 is 0 Å². The number of nitrogens with one attached hydrogen (secondary N) is 1. The van der Waals surface area contributed by atoms with Crippen molar-refractivity contribution in [1.82, 2.24) is 14.5 Å². The lowest BCUT2D eigenvalue weighted by Crippen LogP contribution is -2.52. The maximum atomic E-state index is 12.7. The van der Waals surface area contributed by atoms with Crippen molar-refractivity contribution in [2.24, 2.45) is 0 Å². The predicted molar refractivity (Wildman–Crippen MR) is 66.8 cm³/mol. The van der Waals surface area contributed by atoms with Crippen LogP contribution < -0.4 is 0 Å². The fourth-order valence-corrected chi connectivity index (χ4v) is 4.62. The molecule has 1 fully saturated rings. The van der Waals surface area contributed by atoms with E-state index in [0.717, 1.165) is 0 Å². The summed E-state index contributed by atoms with van der Waals surface area (Å²) < 4.78 is 32.3. The standard InChI is InChI=1S/C11H19N3O3S/c1-7-5-17-6-8(2)14(7)18(15,16)11-9(3)12-13-10(11)4/h7-8H,5-6H2,1-4H3,(H,12,13). The molecule has 7 heteroatoms. The Hall–Kier alpha value is -0.920. The Labute approximate surface area is 107 Å². The number of nitrogens with zero attached hydrogens (tertiary/aromatic N) is 2. The molecule has 102 valence electrons. The number of aryl methyl sites for hydroxylation is 2. The molecule has 2 unspecified atom stereocenters. The molecule has 1 saturated heterocycles. The van der Waals surface area contributed by atoms with Gasteiger partial charge in [0.2, 0.25) is 10.0 Å². The summed E-state index contributed by atoms with van der Waals surface area (Å²) in [5, 5.41) is 6.69. The van der Waals surface area contributed by atoms with Crippen LogP contribution in [-0.2, 0) is 14.8 Å². The summed E-state index contributed by atoms with van der Waals surface area (Å²) in [6.07, 6.45) is 0. The van der Waals surface area contributed by atoms with Gasteiger partial charge in [0.15, 0.2) is 0 Å². The molecular formula is C11H19N3O3S. The highest BCUT2D eigenvalue weighted by Crippen LogP contribution is 2.27. The van der Waals surface area contributed by atoms with E-state index in [4.69, 9.17) is 4.74 Å². The smallest absolute Gasteiger partial charge is 0.247 e. The number of morpholine rings is 1. The number of H-pyrrole nitrogens is 1. The predicted octanol–water partition coefficient (Wildman–Crippen LogP) is 0.824. The first kappa shape index (κ1) is 13.5. The van der Waals surface area contributed by atoms with Crippen LogP contribution in [0.5, 0.6) is 0 Å². The van der Waals surface area contributed by atoms with Crippen molar-refractivity contribution < 1.29 is 13.2 Å². The molecule has 0 aromatic carbocycles. The number of aromatic nitrogens is 2. The first-order valence-electron chi connectivity index (χ1n) is 5.98. The van der Waals surface area contributed by atoms with Gasteiger partial charge in [-0.3, -0.25) is 5.10 Å². The molecule has 0 amide bonds. The lowest BCUT2D eigenvalue weighted by molar-refractivity contribution is 0.00633. The van der Waals surface area contributed by atoms with Crippen LogP contribution in [0.15, 0.2) is 4.90 Å². The zero-order chi connectivity index (χ0) is 13.5. The lowest BCUT2D eigenvalue weighted by Gasteiger charge is -2.37. The second kappa shape index (κ2) is 4.64. The highest BCUT2D eigenvalue weighted by Gasteiger charge is 2.38. The first-order chi connectivity index (χ1) is 8.35. The summed E-state index contributed by atoms with van der Waals surface area (Å²) in [4.78, 5) is 0.295. The van der Waals surface area contributed by atoms with Gasteiger partial charge in [0.25, 0.3) is 0 Å². The summed E-state index contributed by atoms with van der Waals surface area (Å²) in [6.45, 7) is 8.00. The summed E-state index contributed by atoms with van der Waals surface area (Å²) >= 11 is 0. The number of aromatic amines is 1. The Morgan fingerprint density at radius 3 is 2.28 bits per heavy atom. The largest absolute Gasteiger partial charge is 0.378 e. The van der Waals surface area contributed by atoms with Gasteiger partial charge in [0.1, 0.15) is 4.90 Å². The zero-order valence-corrected chi connectivity index (χ0v) is 11.9. The van der Waals surface area contributed by atoms with Gasteiger partial charge >= 0.3 is 0 Å². The van der Waals surface area contributed by atoms with Crippen molar-refractivity contribution in [3.8, 4) is 0 Å². The molecule has 1 aliphatic heterocycles. The van der Waals surface area contributed by atoms with Crippen LogP contribution in [0.3, 0.4) is 0 Å². The minimum absolute atomic E-state index is 0.160. The molecular weight excluding hydrogens is 254 g/mol. The Bertz CT molecular complexity index is 508. The molecule has 1 aromatic rings. The second-order valence-electron chi connectivity index (χ2n) is 4.83. The molecule has 0 saturated carbocycles. The van der Waals surface area contributed by atoms with Crippen LogP contribution in [0.25, 0.3) is 0 Å². The molecule has 1 N–H and O–H groups in total. The highest BCUT2D eigenvalue weighted by molar-refractivity contribution is 7.89. The summed E-state index contributed by atoms with van der Waals surface area (Å²) in [5.41, 5.74) is 1.09. The SMILES string of the molecule is Cc1n[nH]c(C)c1S(=O)(=O)N1C(C)COCC1C. The van der Waals surface area contributed by atoms with Gasteiger partial charge in [-0.25, -0.2) is 8.42 Å². The fraction of sp³-hybridized carbons (Fsp3) is 0.727. The quantitative estimate of drug-likeness (QED) is 0.866. The third-order valence-corrected chi connectivity index (χ3v) is 5.58. The minimum Gasteiger partial charge on any atom is -0.378 e. The average molecular weight is 273 g/mol. The van der Waals surface area contributed by atoms with E-state index in [0.29, 0.717) is 29.5 Å². The van der Waals surface area contributed by atoms with Crippen molar-refractivity contribution in [2.75, 3.05) is 13.2 Å². The molecule has 2 atom stereocenters. The van der Waals surface area contributed by atoms with Crippen molar-refractivity contribution >= 4 is 10.0 Å². The third-order valence-electron chi connectivity index (χ3n) is 3.18. The molecule has 18 heavy (non-hydrogen) atoms. The van der Waals surface area contributed by atoms with E-state index < -0.39 is 10.0 Å². The number of sulfonamides is 1. The van der Waals surface area contributed by atoms with Crippen LogP contribution in [0.4, 0.5) is 0 Å². The normalized spacial score (nSPS) is 26.4. The van der Waals surface area contributed by atoms with E-state index >= 15 is 0 Å². The summed E-state index contributed by atoms with van der Waals surface area (Å²) in [5.74, 6) is 0. The van der Waals surface area contributed by atoms with Crippen LogP contribution in [-0.4, -0.2) is 48.2 Å². The van der Waals surface area contributed by atoms with Gasteiger partial charge in [-0.1, -0.05) is 0 Å². The van der Waals surface area contributed by atoms with Gasteiger partial charge in [-0.2, -0.15) is 9.40 Å². The molecule has 0 radical (unpaired) electrons. The number of rotatable bonds is 2. The van der Waals surface area contributed by atoms with Gasteiger partial charge in [-0.15, -0.1) is 0 Å². The van der Waals surface area contributed by atoms with Gasteiger partial charge in [0.05, 0.1) is 24.6 Å². The van der Waals surface area contributed by atoms with E-state index in [1.54, 1.807) is 13.8 Å².